The number of benzene rings is 1. The summed E-state index contributed by atoms with van der Waals surface area (Å²) in [6.45, 7) is 1.84. The zero-order valence-electron chi connectivity index (χ0n) is 9.97. The van der Waals surface area contributed by atoms with E-state index in [4.69, 9.17) is 14.7 Å². The van der Waals surface area contributed by atoms with Crippen LogP contribution in [0.5, 0.6) is 0 Å². The molecule has 0 saturated heterocycles. The molecule has 1 aromatic heterocycles. The first-order valence-electron chi connectivity index (χ1n) is 6.02. The Balaban J connectivity index is 1.80. The Morgan fingerprint density at radius 1 is 1.33 bits per heavy atom. The number of nitrogens with zero attached hydrogens (tertiary/aromatic N) is 1. The summed E-state index contributed by atoms with van der Waals surface area (Å²) >= 11 is 0. The average molecular weight is 246 g/mol. The van der Waals surface area contributed by atoms with Crippen LogP contribution in [0.1, 0.15) is 11.3 Å². The number of nitrogens with one attached hydrogen (secondary N) is 1. The normalized spacial score (nSPS) is 15.9. The smallest absolute Gasteiger partial charge is 0.402 e. The van der Waals surface area contributed by atoms with Gasteiger partial charge in [-0.3, -0.25) is 4.90 Å². The molecule has 1 aliphatic rings. The highest BCUT2D eigenvalue weighted by molar-refractivity contribution is 6.32. The fourth-order valence-corrected chi connectivity index (χ4v) is 2.53. The molecule has 3 rings (SSSR count). The van der Waals surface area contributed by atoms with Crippen molar-refractivity contribution in [3.05, 3.63) is 35.5 Å². The number of hydrogen-bond acceptors (Lipinski definition) is 4. The van der Waals surface area contributed by atoms with Crippen LogP contribution in [-0.2, 0) is 17.6 Å². The maximum atomic E-state index is 8.69. The van der Waals surface area contributed by atoms with Crippen LogP contribution < -0.4 is 0 Å². The Kier molecular flexibility index (Phi) is 3.09. The van der Waals surface area contributed by atoms with Crippen LogP contribution in [0.2, 0.25) is 0 Å². The summed E-state index contributed by atoms with van der Waals surface area (Å²) in [5.74, 6) is 0. The first kappa shape index (κ1) is 11.7. The monoisotopic (exact) mass is 246 g/mol. The molecule has 3 N–H and O–H groups in total. The van der Waals surface area contributed by atoms with E-state index in [2.05, 4.69) is 17.1 Å². The molecule has 0 aliphatic carbocycles. The minimum absolute atomic E-state index is 0.229. The SMILES string of the molecule is OB(O)OCN1CCc2c([nH]c3ccccc23)C1. The summed E-state index contributed by atoms with van der Waals surface area (Å²) in [5.41, 5.74) is 3.72. The lowest BCUT2D eigenvalue weighted by atomic mass is 10.0. The van der Waals surface area contributed by atoms with E-state index in [9.17, 15) is 0 Å². The minimum Gasteiger partial charge on any atom is -0.402 e. The highest BCUT2D eigenvalue weighted by Gasteiger charge is 2.21. The van der Waals surface area contributed by atoms with Gasteiger partial charge in [-0.1, -0.05) is 18.2 Å². The standard InChI is InChI=1S/C12H15BN2O3/c16-13(17)18-8-15-6-5-10-9-3-1-2-4-11(9)14-12(10)7-15/h1-4,14,16-17H,5-8H2. The number of H-pyrrole nitrogens is 1. The molecule has 2 aromatic rings. The molecule has 1 aromatic carbocycles. The summed E-state index contributed by atoms with van der Waals surface area (Å²) in [6, 6.07) is 8.28. The molecule has 18 heavy (non-hydrogen) atoms. The third-order valence-corrected chi connectivity index (χ3v) is 3.37. The molecule has 0 spiro atoms. The minimum atomic E-state index is -1.70. The molecule has 2 heterocycles. The zero-order chi connectivity index (χ0) is 12.5. The Hall–Kier alpha value is -1.34. The lowest BCUT2D eigenvalue weighted by Crippen LogP contribution is -2.35. The average Bonchev–Trinajstić information content (AvgIpc) is 2.73. The molecule has 0 bridgehead atoms. The second-order valence-corrected chi connectivity index (χ2v) is 4.55. The predicted molar refractivity (Wildman–Crippen MR) is 68.6 cm³/mol. The van der Waals surface area contributed by atoms with Crippen LogP contribution in [0.3, 0.4) is 0 Å². The maximum absolute atomic E-state index is 8.69. The van der Waals surface area contributed by atoms with E-state index in [-0.39, 0.29) is 6.73 Å². The fourth-order valence-electron chi connectivity index (χ4n) is 2.53. The molecule has 0 radical (unpaired) electrons. The van der Waals surface area contributed by atoms with Gasteiger partial charge in [-0.05, 0) is 18.1 Å². The molecule has 1 aliphatic heterocycles. The lowest BCUT2D eigenvalue weighted by Gasteiger charge is -2.26. The second-order valence-electron chi connectivity index (χ2n) is 4.55. The second kappa shape index (κ2) is 4.74. The van der Waals surface area contributed by atoms with E-state index in [0.29, 0.717) is 0 Å². The Bertz CT molecular complexity index is 555. The maximum Gasteiger partial charge on any atom is 0.634 e. The van der Waals surface area contributed by atoms with Gasteiger partial charge in [0, 0.05) is 29.7 Å². The highest BCUT2D eigenvalue weighted by Crippen LogP contribution is 2.27. The molecular weight excluding hydrogens is 231 g/mol. The van der Waals surface area contributed by atoms with E-state index in [1.54, 1.807) is 0 Å². The van der Waals surface area contributed by atoms with Crippen molar-refractivity contribution >= 4 is 18.2 Å². The number of fused-ring (bicyclic) bond motifs is 3. The van der Waals surface area contributed by atoms with Gasteiger partial charge in [-0.2, -0.15) is 0 Å². The van der Waals surface area contributed by atoms with Crippen LogP contribution in [0.4, 0.5) is 0 Å². The summed E-state index contributed by atoms with van der Waals surface area (Å²) < 4.78 is 4.79. The summed E-state index contributed by atoms with van der Waals surface area (Å²) in [4.78, 5) is 5.45. The third-order valence-electron chi connectivity index (χ3n) is 3.37. The van der Waals surface area contributed by atoms with Gasteiger partial charge < -0.3 is 19.7 Å². The number of aromatic nitrogens is 1. The van der Waals surface area contributed by atoms with Crippen molar-refractivity contribution in [3.63, 3.8) is 0 Å². The van der Waals surface area contributed by atoms with Gasteiger partial charge in [-0.15, -0.1) is 0 Å². The lowest BCUT2D eigenvalue weighted by molar-refractivity contribution is 0.0705. The fraction of sp³-hybridized carbons (Fsp3) is 0.333. The van der Waals surface area contributed by atoms with Crippen molar-refractivity contribution in [2.45, 2.75) is 13.0 Å². The molecule has 5 nitrogen and oxygen atoms in total. The molecule has 0 amide bonds. The van der Waals surface area contributed by atoms with Crippen molar-refractivity contribution in [3.8, 4) is 0 Å². The molecule has 6 heteroatoms. The van der Waals surface area contributed by atoms with E-state index in [0.717, 1.165) is 25.0 Å². The van der Waals surface area contributed by atoms with Gasteiger partial charge >= 0.3 is 7.32 Å². The van der Waals surface area contributed by atoms with Crippen molar-refractivity contribution in [1.82, 2.24) is 9.88 Å². The molecule has 0 fully saturated rings. The molecule has 0 atom stereocenters. The van der Waals surface area contributed by atoms with E-state index in [1.807, 2.05) is 17.0 Å². The largest absolute Gasteiger partial charge is 0.634 e. The van der Waals surface area contributed by atoms with Gasteiger partial charge in [0.2, 0.25) is 0 Å². The van der Waals surface area contributed by atoms with E-state index >= 15 is 0 Å². The molecule has 0 saturated carbocycles. The van der Waals surface area contributed by atoms with Gasteiger partial charge in [0.25, 0.3) is 0 Å². The van der Waals surface area contributed by atoms with Crippen LogP contribution >= 0.6 is 0 Å². The number of hydrogen-bond donors (Lipinski definition) is 3. The predicted octanol–water partition coefficient (Wildman–Crippen LogP) is 0.470. The first-order chi connectivity index (χ1) is 8.74. The van der Waals surface area contributed by atoms with Gasteiger partial charge in [0.15, 0.2) is 0 Å². The van der Waals surface area contributed by atoms with Gasteiger partial charge in [-0.25, -0.2) is 0 Å². The summed E-state index contributed by atoms with van der Waals surface area (Å²) in [6.07, 6.45) is 0.949. The van der Waals surface area contributed by atoms with Crippen molar-refractivity contribution in [2.24, 2.45) is 0 Å². The van der Waals surface area contributed by atoms with Crippen molar-refractivity contribution in [2.75, 3.05) is 13.3 Å². The Morgan fingerprint density at radius 3 is 3.00 bits per heavy atom. The molecular formula is C12H15BN2O3. The van der Waals surface area contributed by atoms with Crippen LogP contribution in [0.15, 0.2) is 24.3 Å². The highest BCUT2D eigenvalue weighted by atomic mass is 16.6. The number of para-hydroxylation sites is 1. The third kappa shape index (κ3) is 2.15. The van der Waals surface area contributed by atoms with E-state index < -0.39 is 7.32 Å². The quantitative estimate of drug-likeness (QED) is 0.688. The van der Waals surface area contributed by atoms with Crippen LogP contribution in [0.25, 0.3) is 10.9 Å². The zero-order valence-corrected chi connectivity index (χ0v) is 9.97. The Morgan fingerprint density at radius 2 is 2.17 bits per heavy atom. The number of rotatable bonds is 3. The van der Waals surface area contributed by atoms with Gasteiger partial charge in [0.1, 0.15) is 0 Å². The number of aromatic amines is 1. The van der Waals surface area contributed by atoms with Crippen LogP contribution in [-0.4, -0.2) is 40.5 Å². The van der Waals surface area contributed by atoms with Crippen molar-refractivity contribution < 1.29 is 14.7 Å². The van der Waals surface area contributed by atoms with Gasteiger partial charge in [0.05, 0.1) is 6.73 Å². The molecule has 0 unspecified atom stereocenters. The van der Waals surface area contributed by atoms with Crippen LogP contribution in [0, 0.1) is 0 Å². The topological polar surface area (TPSA) is 68.7 Å². The summed E-state index contributed by atoms with van der Waals surface area (Å²) in [5, 5.41) is 18.7. The van der Waals surface area contributed by atoms with E-state index in [1.165, 1.54) is 16.6 Å². The first-order valence-corrected chi connectivity index (χ1v) is 6.02. The molecule has 94 valence electrons. The van der Waals surface area contributed by atoms with Crippen molar-refractivity contribution in [1.29, 1.82) is 0 Å². The summed E-state index contributed by atoms with van der Waals surface area (Å²) in [7, 11) is -1.70. The Labute approximate surface area is 105 Å².